The summed E-state index contributed by atoms with van der Waals surface area (Å²) in [4.78, 5) is 0. The number of rotatable bonds is 2. The molecule has 1 aromatic carbocycles. The molecule has 0 saturated heterocycles. The molecule has 13 heavy (non-hydrogen) atoms. The fourth-order valence-corrected chi connectivity index (χ4v) is 1.31. The third-order valence-corrected chi connectivity index (χ3v) is 2.28. The van der Waals surface area contributed by atoms with Gasteiger partial charge in [0.05, 0.1) is 10.5 Å². The number of benzene rings is 1. The van der Waals surface area contributed by atoms with Gasteiger partial charge in [0.25, 0.3) is 0 Å². The summed E-state index contributed by atoms with van der Waals surface area (Å²) in [6, 6.07) is 1.63. The van der Waals surface area contributed by atoms with Crippen molar-refractivity contribution < 1.29 is 8.78 Å². The molecule has 0 saturated carbocycles. The van der Waals surface area contributed by atoms with E-state index in [4.69, 9.17) is 5.73 Å². The quantitative estimate of drug-likeness (QED) is 0.632. The van der Waals surface area contributed by atoms with Gasteiger partial charge in [-0.05, 0) is 28.1 Å². The van der Waals surface area contributed by atoms with Crippen LogP contribution in [0.2, 0.25) is 0 Å². The molecule has 0 spiro atoms. The summed E-state index contributed by atoms with van der Waals surface area (Å²) in [5.41, 5.74) is 5.28. The Morgan fingerprint density at radius 2 is 2.08 bits per heavy atom. The molecule has 0 fully saturated rings. The summed E-state index contributed by atoms with van der Waals surface area (Å²) in [7, 11) is 0. The summed E-state index contributed by atoms with van der Waals surface area (Å²) in [6.07, 6.45) is 1.29. The van der Waals surface area contributed by atoms with Gasteiger partial charge in [-0.25, -0.2) is 8.78 Å². The standard InChI is InChI=1S/C9H8BrF2N/c1-2-7(13)8-6(11)4-3-5(10)9(8)12/h2-4,7H,1,13H2/t7-/m0/s1. The van der Waals surface area contributed by atoms with Crippen molar-refractivity contribution in [3.8, 4) is 0 Å². The largest absolute Gasteiger partial charge is 0.321 e. The van der Waals surface area contributed by atoms with Crippen LogP contribution in [0.5, 0.6) is 0 Å². The van der Waals surface area contributed by atoms with Gasteiger partial charge in [-0.2, -0.15) is 0 Å². The Balaban J connectivity index is 3.32. The van der Waals surface area contributed by atoms with Crippen molar-refractivity contribution in [1.29, 1.82) is 0 Å². The Kier molecular flexibility index (Phi) is 3.17. The molecule has 0 aliphatic rings. The molecule has 1 nitrogen and oxygen atoms in total. The van der Waals surface area contributed by atoms with Gasteiger partial charge in [-0.3, -0.25) is 0 Å². The van der Waals surface area contributed by atoms with Gasteiger partial charge < -0.3 is 5.73 Å². The van der Waals surface area contributed by atoms with E-state index in [9.17, 15) is 8.78 Å². The lowest BCUT2D eigenvalue weighted by atomic mass is 10.1. The van der Waals surface area contributed by atoms with Gasteiger partial charge in [0.15, 0.2) is 0 Å². The van der Waals surface area contributed by atoms with Crippen LogP contribution in [0.3, 0.4) is 0 Å². The van der Waals surface area contributed by atoms with Crippen LogP contribution in [0, 0.1) is 11.6 Å². The fourth-order valence-electron chi connectivity index (χ4n) is 0.966. The van der Waals surface area contributed by atoms with E-state index in [-0.39, 0.29) is 10.0 Å². The van der Waals surface area contributed by atoms with E-state index in [0.29, 0.717) is 0 Å². The number of nitrogens with two attached hydrogens (primary N) is 1. The molecular weight excluding hydrogens is 240 g/mol. The van der Waals surface area contributed by atoms with E-state index < -0.39 is 17.7 Å². The molecule has 0 aromatic heterocycles. The average Bonchev–Trinajstić information content (AvgIpc) is 2.12. The molecule has 0 heterocycles. The van der Waals surface area contributed by atoms with Crippen LogP contribution in [0.25, 0.3) is 0 Å². The Labute approximate surface area is 83.4 Å². The van der Waals surface area contributed by atoms with Gasteiger partial charge >= 0.3 is 0 Å². The smallest absolute Gasteiger partial charge is 0.145 e. The number of hydrogen-bond donors (Lipinski definition) is 1. The van der Waals surface area contributed by atoms with Crippen LogP contribution < -0.4 is 5.73 Å². The van der Waals surface area contributed by atoms with Crippen LogP contribution in [0.4, 0.5) is 8.78 Å². The maximum atomic E-state index is 13.3. The molecule has 1 aromatic rings. The third kappa shape index (κ3) is 1.95. The molecule has 0 unspecified atom stereocenters. The van der Waals surface area contributed by atoms with Gasteiger partial charge in [0.1, 0.15) is 11.6 Å². The van der Waals surface area contributed by atoms with Crippen molar-refractivity contribution in [3.05, 3.63) is 46.5 Å². The number of hydrogen-bond acceptors (Lipinski definition) is 1. The topological polar surface area (TPSA) is 26.0 Å². The summed E-state index contributed by atoms with van der Waals surface area (Å²) >= 11 is 2.95. The van der Waals surface area contributed by atoms with E-state index in [1.54, 1.807) is 0 Å². The summed E-state index contributed by atoms with van der Waals surface area (Å²) < 4.78 is 26.6. The van der Waals surface area contributed by atoms with Crippen molar-refractivity contribution >= 4 is 15.9 Å². The first-order valence-electron chi connectivity index (χ1n) is 3.59. The second-order valence-electron chi connectivity index (χ2n) is 2.52. The van der Waals surface area contributed by atoms with Gasteiger partial charge in [0, 0.05) is 5.56 Å². The Hall–Kier alpha value is -0.740. The molecule has 0 radical (unpaired) electrons. The van der Waals surface area contributed by atoms with E-state index >= 15 is 0 Å². The minimum Gasteiger partial charge on any atom is -0.321 e. The predicted molar refractivity (Wildman–Crippen MR) is 51.2 cm³/mol. The normalized spacial score (nSPS) is 12.6. The highest BCUT2D eigenvalue weighted by molar-refractivity contribution is 9.10. The van der Waals surface area contributed by atoms with Crippen molar-refractivity contribution in [2.45, 2.75) is 6.04 Å². The highest BCUT2D eigenvalue weighted by Gasteiger charge is 2.16. The van der Waals surface area contributed by atoms with Crippen molar-refractivity contribution in [2.24, 2.45) is 5.73 Å². The van der Waals surface area contributed by atoms with Crippen LogP contribution in [-0.2, 0) is 0 Å². The van der Waals surface area contributed by atoms with E-state index in [2.05, 4.69) is 22.5 Å². The summed E-state index contributed by atoms with van der Waals surface area (Å²) in [6.45, 7) is 3.38. The SMILES string of the molecule is C=C[C@H](N)c1c(F)ccc(Br)c1F. The van der Waals surface area contributed by atoms with Crippen molar-refractivity contribution in [1.82, 2.24) is 0 Å². The van der Waals surface area contributed by atoms with E-state index in [0.717, 1.165) is 6.07 Å². The zero-order valence-electron chi connectivity index (χ0n) is 6.73. The highest BCUT2D eigenvalue weighted by atomic mass is 79.9. The molecule has 0 amide bonds. The molecule has 0 bridgehead atoms. The van der Waals surface area contributed by atoms with E-state index in [1.807, 2.05) is 0 Å². The second-order valence-corrected chi connectivity index (χ2v) is 3.37. The molecular formula is C9H8BrF2N. The zero-order valence-corrected chi connectivity index (χ0v) is 8.31. The van der Waals surface area contributed by atoms with Crippen molar-refractivity contribution in [2.75, 3.05) is 0 Å². The molecule has 4 heteroatoms. The minimum atomic E-state index is -0.822. The van der Waals surface area contributed by atoms with Gasteiger partial charge in [0.2, 0.25) is 0 Å². The second kappa shape index (κ2) is 3.98. The van der Waals surface area contributed by atoms with Crippen LogP contribution in [0.15, 0.2) is 29.3 Å². The number of halogens is 3. The monoisotopic (exact) mass is 247 g/mol. The molecule has 1 atom stereocenters. The zero-order chi connectivity index (χ0) is 10.0. The van der Waals surface area contributed by atoms with Crippen molar-refractivity contribution in [3.63, 3.8) is 0 Å². The lowest BCUT2D eigenvalue weighted by Crippen LogP contribution is -2.11. The maximum Gasteiger partial charge on any atom is 0.145 e. The van der Waals surface area contributed by atoms with Crippen LogP contribution >= 0.6 is 15.9 Å². The fraction of sp³-hybridized carbons (Fsp3) is 0.111. The predicted octanol–water partition coefficient (Wildman–Crippen LogP) is 2.91. The summed E-state index contributed by atoms with van der Waals surface area (Å²) in [5.74, 6) is -1.33. The molecule has 2 N–H and O–H groups in total. The molecule has 0 aliphatic heterocycles. The van der Waals surface area contributed by atoms with Crippen LogP contribution in [-0.4, -0.2) is 0 Å². The average molecular weight is 248 g/mol. The third-order valence-electron chi connectivity index (χ3n) is 1.67. The maximum absolute atomic E-state index is 13.3. The molecule has 1 rings (SSSR count). The first kappa shape index (κ1) is 10.3. The minimum absolute atomic E-state index is 0.163. The highest BCUT2D eigenvalue weighted by Crippen LogP contribution is 2.25. The Bertz CT molecular complexity index is 339. The Morgan fingerprint density at radius 3 is 2.62 bits per heavy atom. The van der Waals surface area contributed by atoms with Gasteiger partial charge in [-0.1, -0.05) is 6.08 Å². The lowest BCUT2D eigenvalue weighted by molar-refractivity contribution is 0.542. The van der Waals surface area contributed by atoms with Gasteiger partial charge in [-0.15, -0.1) is 6.58 Å². The first-order valence-corrected chi connectivity index (χ1v) is 4.38. The summed E-state index contributed by atoms with van der Waals surface area (Å²) in [5, 5.41) is 0. The lowest BCUT2D eigenvalue weighted by Gasteiger charge is -2.09. The molecule has 70 valence electrons. The van der Waals surface area contributed by atoms with E-state index in [1.165, 1.54) is 12.1 Å². The Morgan fingerprint density at radius 1 is 1.46 bits per heavy atom. The molecule has 0 aliphatic carbocycles. The first-order chi connectivity index (χ1) is 6.07. The van der Waals surface area contributed by atoms with Crippen LogP contribution in [0.1, 0.15) is 11.6 Å².